The van der Waals surface area contributed by atoms with Gasteiger partial charge in [-0.05, 0) is 43.6 Å². The minimum Gasteiger partial charge on any atom is -0.313 e. The molecule has 1 aliphatic heterocycles. The number of rotatable bonds is 4. The summed E-state index contributed by atoms with van der Waals surface area (Å²) >= 11 is 0. The van der Waals surface area contributed by atoms with Crippen molar-refractivity contribution in [3.63, 3.8) is 0 Å². The standard InChI is InChI=1S/C14H21FN2/c1-2-16-14-7-4-8-17(11-14)10-12-5-3-6-13(15)9-12/h3,5-6,9,14,16H,2,4,7-8,10-11H2,1H3. The summed E-state index contributed by atoms with van der Waals surface area (Å²) in [6, 6.07) is 7.52. The van der Waals surface area contributed by atoms with Gasteiger partial charge in [0.05, 0.1) is 0 Å². The molecule has 2 rings (SSSR count). The zero-order chi connectivity index (χ0) is 12.1. The fraction of sp³-hybridized carbons (Fsp3) is 0.571. The Morgan fingerprint density at radius 1 is 1.47 bits per heavy atom. The van der Waals surface area contributed by atoms with E-state index in [-0.39, 0.29) is 5.82 Å². The molecule has 17 heavy (non-hydrogen) atoms. The second-order valence-electron chi connectivity index (χ2n) is 4.76. The largest absolute Gasteiger partial charge is 0.313 e. The van der Waals surface area contributed by atoms with Gasteiger partial charge in [0.15, 0.2) is 0 Å². The summed E-state index contributed by atoms with van der Waals surface area (Å²) < 4.78 is 13.1. The Hall–Kier alpha value is -0.930. The molecule has 1 N–H and O–H groups in total. The molecule has 1 saturated heterocycles. The van der Waals surface area contributed by atoms with E-state index in [1.807, 2.05) is 6.07 Å². The van der Waals surface area contributed by atoms with Gasteiger partial charge in [0.2, 0.25) is 0 Å². The third-order valence-corrected chi connectivity index (χ3v) is 3.29. The predicted octanol–water partition coefficient (Wildman–Crippen LogP) is 2.40. The molecule has 94 valence electrons. The maximum atomic E-state index is 13.1. The lowest BCUT2D eigenvalue weighted by molar-refractivity contribution is 0.184. The number of nitrogens with zero attached hydrogens (tertiary/aromatic N) is 1. The van der Waals surface area contributed by atoms with Crippen molar-refractivity contribution in [3.8, 4) is 0 Å². The zero-order valence-electron chi connectivity index (χ0n) is 10.5. The first-order chi connectivity index (χ1) is 8.28. The van der Waals surface area contributed by atoms with Crippen molar-refractivity contribution >= 4 is 0 Å². The van der Waals surface area contributed by atoms with Crippen LogP contribution < -0.4 is 5.32 Å². The van der Waals surface area contributed by atoms with E-state index in [1.54, 1.807) is 12.1 Å². The van der Waals surface area contributed by atoms with Gasteiger partial charge in [0.25, 0.3) is 0 Å². The first-order valence-corrected chi connectivity index (χ1v) is 6.48. The van der Waals surface area contributed by atoms with Gasteiger partial charge in [-0.2, -0.15) is 0 Å². The molecule has 0 amide bonds. The highest BCUT2D eigenvalue weighted by molar-refractivity contribution is 5.16. The van der Waals surface area contributed by atoms with Gasteiger partial charge in [0.1, 0.15) is 5.82 Å². The van der Waals surface area contributed by atoms with Crippen LogP contribution in [0.5, 0.6) is 0 Å². The Kier molecular flexibility index (Phi) is 4.51. The second-order valence-corrected chi connectivity index (χ2v) is 4.76. The minimum atomic E-state index is -0.136. The molecule has 0 aliphatic carbocycles. The molecule has 1 aliphatic rings. The van der Waals surface area contributed by atoms with Crippen LogP contribution in [0.2, 0.25) is 0 Å². The van der Waals surface area contributed by atoms with E-state index in [4.69, 9.17) is 0 Å². The summed E-state index contributed by atoms with van der Waals surface area (Å²) in [6.45, 7) is 6.23. The fourth-order valence-corrected chi connectivity index (χ4v) is 2.55. The van der Waals surface area contributed by atoms with Crippen LogP contribution in [0, 0.1) is 5.82 Å². The molecule has 0 spiro atoms. The van der Waals surface area contributed by atoms with E-state index in [1.165, 1.54) is 18.9 Å². The van der Waals surface area contributed by atoms with Crippen molar-refractivity contribution in [2.75, 3.05) is 19.6 Å². The molecule has 1 unspecified atom stereocenters. The summed E-state index contributed by atoms with van der Waals surface area (Å²) in [7, 11) is 0. The molecule has 2 nitrogen and oxygen atoms in total. The quantitative estimate of drug-likeness (QED) is 0.863. The summed E-state index contributed by atoms with van der Waals surface area (Å²) in [4.78, 5) is 2.41. The van der Waals surface area contributed by atoms with Crippen molar-refractivity contribution < 1.29 is 4.39 Å². The monoisotopic (exact) mass is 236 g/mol. The number of piperidine rings is 1. The second kappa shape index (κ2) is 6.12. The number of hydrogen-bond acceptors (Lipinski definition) is 2. The lowest BCUT2D eigenvalue weighted by Crippen LogP contribution is -2.45. The van der Waals surface area contributed by atoms with Crippen LogP contribution in [0.3, 0.4) is 0 Å². The van der Waals surface area contributed by atoms with E-state index in [2.05, 4.69) is 17.1 Å². The lowest BCUT2D eigenvalue weighted by atomic mass is 10.0. The highest BCUT2D eigenvalue weighted by Gasteiger charge is 2.18. The molecule has 3 heteroatoms. The molecule has 0 saturated carbocycles. The van der Waals surface area contributed by atoms with Crippen LogP contribution in [0.25, 0.3) is 0 Å². The number of halogens is 1. The smallest absolute Gasteiger partial charge is 0.123 e. The summed E-state index contributed by atoms with van der Waals surface area (Å²) in [5, 5.41) is 3.50. The Bertz CT molecular complexity index is 352. The van der Waals surface area contributed by atoms with Crippen molar-refractivity contribution in [1.29, 1.82) is 0 Å². The molecule has 0 aromatic heterocycles. The Balaban J connectivity index is 1.90. The number of nitrogens with one attached hydrogen (secondary N) is 1. The fourth-order valence-electron chi connectivity index (χ4n) is 2.55. The number of hydrogen-bond donors (Lipinski definition) is 1. The minimum absolute atomic E-state index is 0.136. The van der Waals surface area contributed by atoms with Gasteiger partial charge in [0, 0.05) is 19.1 Å². The summed E-state index contributed by atoms with van der Waals surface area (Å²) in [6.07, 6.45) is 2.49. The van der Waals surface area contributed by atoms with Gasteiger partial charge >= 0.3 is 0 Å². The maximum Gasteiger partial charge on any atom is 0.123 e. The molecule has 0 bridgehead atoms. The number of benzene rings is 1. The van der Waals surface area contributed by atoms with Gasteiger partial charge in [-0.15, -0.1) is 0 Å². The van der Waals surface area contributed by atoms with Crippen molar-refractivity contribution in [2.24, 2.45) is 0 Å². The lowest BCUT2D eigenvalue weighted by Gasteiger charge is -2.33. The van der Waals surface area contributed by atoms with E-state index in [0.29, 0.717) is 6.04 Å². The molecule has 1 atom stereocenters. The first kappa shape index (κ1) is 12.5. The van der Waals surface area contributed by atoms with Gasteiger partial charge in [-0.3, -0.25) is 4.90 Å². The average molecular weight is 236 g/mol. The molecule has 1 aromatic rings. The van der Waals surface area contributed by atoms with Crippen LogP contribution in [0.4, 0.5) is 4.39 Å². The molecule has 1 fully saturated rings. The molecular weight excluding hydrogens is 215 g/mol. The third kappa shape index (κ3) is 3.79. The van der Waals surface area contributed by atoms with Crippen molar-refractivity contribution in [3.05, 3.63) is 35.6 Å². The van der Waals surface area contributed by atoms with Crippen LogP contribution >= 0.6 is 0 Å². The van der Waals surface area contributed by atoms with Crippen LogP contribution in [-0.2, 0) is 6.54 Å². The molecule has 0 radical (unpaired) electrons. The SMILES string of the molecule is CCNC1CCCN(Cc2cccc(F)c2)C1. The number of likely N-dealkylation sites (N-methyl/N-ethyl adjacent to an activating group) is 1. The van der Waals surface area contributed by atoms with E-state index in [0.717, 1.165) is 31.7 Å². The topological polar surface area (TPSA) is 15.3 Å². The van der Waals surface area contributed by atoms with E-state index >= 15 is 0 Å². The zero-order valence-corrected chi connectivity index (χ0v) is 10.5. The summed E-state index contributed by atoms with van der Waals surface area (Å²) in [5.74, 6) is -0.136. The average Bonchev–Trinajstić information content (AvgIpc) is 2.30. The predicted molar refractivity (Wildman–Crippen MR) is 68.4 cm³/mol. The first-order valence-electron chi connectivity index (χ1n) is 6.48. The van der Waals surface area contributed by atoms with E-state index < -0.39 is 0 Å². The highest BCUT2D eigenvalue weighted by Crippen LogP contribution is 2.14. The molecular formula is C14H21FN2. The highest BCUT2D eigenvalue weighted by atomic mass is 19.1. The van der Waals surface area contributed by atoms with Crippen LogP contribution in [-0.4, -0.2) is 30.6 Å². The Morgan fingerprint density at radius 3 is 3.12 bits per heavy atom. The number of likely N-dealkylation sites (tertiary alicyclic amines) is 1. The van der Waals surface area contributed by atoms with E-state index in [9.17, 15) is 4.39 Å². The van der Waals surface area contributed by atoms with Crippen LogP contribution in [0.1, 0.15) is 25.3 Å². The van der Waals surface area contributed by atoms with Crippen LogP contribution in [0.15, 0.2) is 24.3 Å². The summed E-state index contributed by atoms with van der Waals surface area (Å²) in [5.41, 5.74) is 1.07. The molecule has 1 aromatic carbocycles. The molecule has 1 heterocycles. The normalized spacial score (nSPS) is 21.6. The van der Waals surface area contributed by atoms with Crippen molar-refractivity contribution in [2.45, 2.75) is 32.4 Å². The van der Waals surface area contributed by atoms with Gasteiger partial charge in [-0.1, -0.05) is 19.1 Å². The maximum absolute atomic E-state index is 13.1. The van der Waals surface area contributed by atoms with Gasteiger partial charge in [-0.25, -0.2) is 4.39 Å². The van der Waals surface area contributed by atoms with Gasteiger partial charge < -0.3 is 5.32 Å². The third-order valence-electron chi connectivity index (χ3n) is 3.29. The Labute approximate surface area is 103 Å². The Morgan fingerprint density at radius 2 is 2.35 bits per heavy atom. The van der Waals surface area contributed by atoms with Crippen molar-refractivity contribution in [1.82, 2.24) is 10.2 Å².